The largest absolute Gasteiger partial charge is 2.00 e. The fraction of sp³-hybridized carbons (Fsp3) is 0.433. The number of rotatable bonds is 16. The Labute approximate surface area is 459 Å². The first-order valence-corrected chi connectivity index (χ1v) is 24.5. The predicted molar refractivity (Wildman–Crippen MR) is 289 cm³/mol. The molecule has 0 radical (unpaired) electrons. The average molecular weight is 1080 g/mol. The standard InChI is InChI=1S/2C28H36N3.2C2H4O2.2Zn/c2*1-9-22-13-11-14-23(10-2)27(22)30-20(7)26(17-29)21(8)31-28-24(18(3)4)15-12-16-25(28)19(5)6;2*1-2(3)4;;/h2*11-16,18-19H,9-10H2,1-8H3;2*1H3,(H,3,4);;/q2*-1;;;2*+2/p-2/b2*26-20-,31-21?;;;;. The molecule has 0 heterocycles. The molecule has 0 aliphatic carbocycles. The topological polar surface area (TPSA) is 181 Å². The summed E-state index contributed by atoms with van der Waals surface area (Å²) in [4.78, 5) is 27.8. The summed E-state index contributed by atoms with van der Waals surface area (Å²) in [7, 11) is 0. The number of carboxylic acid groups (broad SMARTS) is 2. The first-order chi connectivity index (χ1) is 32.9. The average Bonchev–Trinajstić information content (AvgIpc) is 3.29. The Balaban J connectivity index is 0. The number of aliphatic carboxylic acids is 2. The van der Waals surface area contributed by atoms with Crippen LogP contribution in [0.4, 0.5) is 22.7 Å². The number of nitrogens with zero attached hydrogens (tertiary/aromatic N) is 6. The number of hydrogen-bond donors (Lipinski definition) is 0. The Bertz CT molecular complexity index is 2320. The minimum atomic E-state index is -1.08. The van der Waals surface area contributed by atoms with Crippen LogP contribution in [0.1, 0.15) is 193 Å². The minimum Gasteiger partial charge on any atom is -0.660 e. The predicted octanol–water partition coefficient (Wildman–Crippen LogP) is 14.8. The van der Waals surface area contributed by atoms with Crippen LogP contribution in [0.5, 0.6) is 0 Å². The molecule has 0 unspecified atom stereocenters. The number of nitriles is 2. The summed E-state index contributed by atoms with van der Waals surface area (Å²) in [5.41, 5.74) is 17.6. The first kappa shape index (κ1) is 68.5. The van der Waals surface area contributed by atoms with Gasteiger partial charge in [-0.25, -0.2) is 0 Å². The van der Waals surface area contributed by atoms with Gasteiger partial charge in [-0.3, -0.25) is 9.98 Å². The zero-order chi connectivity index (χ0) is 53.4. The second-order valence-electron chi connectivity index (χ2n) is 18.2. The number of hydrogen-bond acceptors (Lipinski definition) is 8. The van der Waals surface area contributed by atoms with Gasteiger partial charge in [0, 0.05) is 11.9 Å². The fourth-order valence-electron chi connectivity index (χ4n) is 7.74. The van der Waals surface area contributed by atoms with Crippen molar-refractivity contribution in [1.29, 1.82) is 10.5 Å². The van der Waals surface area contributed by atoms with Crippen molar-refractivity contribution in [3.05, 3.63) is 150 Å². The maximum Gasteiger partial charge on any atom is 2.00 e. The van der Waals surface area contributed by atoms with Gasteiger partial charge in [0.25, 0.3) is 0 Å². The third-order valence-electron chi connectivity index (χ3n) is 11.4. The summed E-state index contributed by atoms with van der Waals surface area (Å²) in [6, 6.07) is 30.2. The van der Waals surface area contributed by atoms with E-state index in [9.17, 15) is 10.5 Å². The van der Waals surface area contributed by atoms with Gasteiger partial charge in [-0.05, 0) is 99.3 Å². The van der Waals surface area contributed by atoms with E-state index in [1.807, 2.05) is 27.7 Å². The van der Waals surface area contributed by atoms with Gasteiger partial charge in [-0.15, -0.1) is 22.8 Å². The van der Waals surface area contributed by atoms with E-state index in [4.69, 9.17) is 40.4 Å². The van der Waals surface area contributed by atoms with Crippen molar-refractivity contribution in [2.24, 2.45) is 9.98 Å². The Morgan fingerprint density at radius 3 is 0.861 bits per heavy atom. The van der Waals surface area contributed by atoms with Gasteiger partial charge in [-0.2, -0.15) is 10.5 Å². The van der Waals surface area contributed by atoms with Crippen LogP contribution in [0.25, 0.3) is 10.6 Å². The van der Waals surface area contributed by atoms with Crippen molar-refractivity contribution < 1.29 is 58.8 Å². The van der Waals surface area contributed by atoms with E-state index in [0.29, 0.717) is 57.6 Å². The molecule has 10 nitrogen and oxygen atoms in total. The Hall–Kier alpha value is -5.53. The van der Waals surface area contributed by atoms with Crippen LogP contribution >= 0.6 is 0 Å². The molecule has 0 saturated carbocycles. The Morgan fingerprint density at radius 1 is 0.472 bits per heavy atom. The van der Waals surface area contributed by atoms with Gasteiger partial charge < -0.3 is 30.4 Å². The van der Waals surface area contributed by atoms with Crippen LogP contribution < -0.4 is 10.2 Å². The number of carbonyl (C=O) groups excluding carboxylic acids is 2. The molecular weight excluding hydrogens is 999 g/mol. The number of aliphatic imine (C=N–C) groups is 2. The van der Waals surface area contributed by atoms with Crippen molar-refractivity contribution >= 4 is 46.1 Å². The van der Waals surface area contributed by atoms with Gasteiger partial charge in [0.15, 0.2) is 0 Å². The minimum absolute atomic E-state index is 0. The van der Waals surface area contributed by atoms with Crippen molar-refractivity contribution in [2.75, 3.05) is 0 Å². The second-order valence-corrected chi connectivity index (χ2v) is 18.2. The first-order valence-electron chi connectivity index (χ1n) is 24.5. The molecule has 0 aliphatic rings. The van der Waals surface area contributed by atoms with Crippen LogP contribution in [-0.2, 0) is 74.2 Å². The summed E-state index contributed by atoms with van der Waals surface area (Å²) in [6.07, 6.45) is 3.64. The number of benzene rings is 4. The molecule has 0 bridgehead atoms. The van der Waals surface area contributed by atoms with Crippen LogP contribution in [0.2, 0.25) is 0 Å². The normalized spacial score (nSPS) is 11.7. The van der Waals surface area contributed by atoms with Gasteiger partial charge in [0.1, 0.15) is 0 Å². The van der Waals surface area contributed by atoms with E-state index < -0.39 is 11.9 Å². The molecule has 72 heavy (non-hydrogen) atoms. The fourth-order valence-corrected chi connectivity index (χ4v) is 7.74. The summed E-state index contributed by atoms with van der Waals surface area (Å²) in [5, 5.41) is 47.6. The number of aryl methyl sites for hydroxylation is 4. The molecule has 0 atom stereocenters. The zero-order valence-electron chi connectivity index (χ0n) is 46.8. The van der Waals surface area contributed by atoms with Crippen LogP contribution in [0, 0.1) is 22.7 Å². The summed E-state index contributed by atoms with van der Waals surface area (Å²) in [6.45, 7) is 35.7. The molecule has 0 aliphatic heterocycles. The molecule has 4 rings (SSSR count). The quantitative estimate of drug-likeness (QED) is 0.0611. The molecular formula is C60H78N6O4Zn2. The molecule has 0 saturated heterocycles. The third-order valence-corrected chi connectivity index (χ3v) is 11.4. The van der Waals surface area contributed by atoms with Crippen molar-refractivity contribution in [3.63, 3.8) is 0 Å². The number of allylic oxidation sites excluding steroid dienone is 4. The van der Waals surface area contributed by atoms with Crippen LogP contribution in [0.3, 0.4) is 0 Å². The SMILES string of the molecule is CC(=O)[O-].CC(=O)[O-].CCc1cccc(CC)c1[N-]/C(C)=C(/C#N)C(C)=Nc1c(C(C)C)cccc1C(C)C.CCc1cccc(CC)c1[N-]/C(C)=C(/C#N)C(C)=Nc1c(C(C)C)cccc1C(C)C.[Zn+2].[Zn+2]. The van der Waals surface area contributed by atoms with E-state index >= 15 is 0 Å². The van der Waals surface area contributed by atoms with E-state index in [0.717, 1.165) is 62.3 Å². The Morgan fingerprint density at radius 2 is 0.681 bits per heavy atom. The molecule has 0 N–H and O–H groups in total. The zero-order valence-corrected chi connectivity index (χ0v) is 52.7. The van der Waals surface area contributed by atoms with E-state index in [2.05, 4.69) is 168 Å². The third kappa shape index (κ3) is 21.3. The monoisotopic (exact) mass is 1070 g/mol. The molecule has 4 aromatic carbocycles. The van der Waals surface area contributed by atoms with Crippen LogP contribution in [0.15, 0.2) is 105 Å². The van der Waals surface area contributed by atoms with E-state index in [1.165, 1.54) is 44.5 Å². The molecule has 12 heteroatoms. The molecule has 376 valence electrons. The number of carbonyl (C=O) groups is 2. The summed E-state index contributed by atoms with van der Waals surface area (Å²) < 4.78 is 0. The van der Waals surface area contributed by atoms with Crippen molar-refractivity contribution in [1.82, 2.24) is 0 Å². The van der Waals surface area contributed by atoms with Crippen molar-refractivity contribution in [2.45, 2.75) is 174 Å². The van der Waals surface area contributed by atoms with Gasteiger partial charge >= 0.3 is 39.0 Å². The summed E-state index contributed by atoms with van der Waals surface area (Å²) in [5.74, 6) is -0.744. The van der Waals surface area contributed by atoms with E-state index in [-0.39, 0.29) is 39.0 Å². The van der Waals surface area contributed by atoms with Gasteiger partial charge in [0.2, 0.25) is 0 Å². The van der Waals surface area contributed by atoms with Crippen molar-refractivity contribution in [3.8, 4) is 12.1 Å². The molecule has 0 fully saturated rings. The summed E-state index contributed by atoms with van der Waals surface area (Å²) >= 11 is 0. The molecule has 4 aromatic rings. The number of carboxylic acids is 2. The molecule has 0 amide bonds. The van der Waals surface area contributed by atoms with Crippen LogP contribution in [-0.4, -0.2) is 23.4 Å². The van der Waals surface area contributed by atoms with E-state index in [1.54, 1.807) is 0 Å². The maximum absolute atomic E-state index is 9.98. The second kappa shape index (κ2) is 34.8. The molecule has 0 spiro atoms. The smallest absolute Gasteiger partial charge is 0.660 e. The van der Waals surface area contributed by atoms with Gasteiger partial charge in [-0.1, -0.05) is 192 Å². The Kier molecular flexibility index (Phi) is 33.1. The van der Waals surface area contributed by atoms with Gasteiger partial charge in [0.05, 0.1) is 46.1 Å². The molecule has 0 aromatic heterocycles. The number of para-hydroxylation sites is 4. The maximum atomic E-state index is 9.98.